The van der Waals surface area contributed by atoms with Crippen molar-refractivity contribution < 1.29 is 22.6 Å². The smallest absolute Gasteiger partial charge is 0.410 e. The minimum atomic E-state index is -3.08. The van der Waals surface area contributed by atoms with Gasteiger partial charge in [0, 0.05) is 40.8 Å². The first-order valence-electron chi connectivity index (χ1n) is 11.4. The molecule has 1 aromatic rings. The maximum atomic E-state index is 12.7. The first kappa shape index (κ1) is 12.3. The van der Waals surface area contributed by atoms with Gasteiger partial charge < -0.3 is 14.5 Å². The molecule has 5 heteroatoms. The molecule has 138 valence electrons. The van der Waals surface area contributed by atoms with Crippen molar-refractivity contribution in [2.45, 2.75) is 52.1 Å². The summed E-state index contributed by atoms with van der Waals surface area (Å²) in [6.45, 7) is 2.21. The lowest BCUT2D eigenvalue weighted by Gasteiger charge is -2.34. The van der Waals surface area contributed by atoms with Crippen LogP contribution in [0.5, 0.6) is 0 Å². The summed E-state index contributed by atoms with van der Waals surface area (Å²) in [4.78, 5) is 26.5. The molecule has 1 fully saturated rings. The third-order valence-corrected chi connectivity index (χ3v) is 4.31. The van der Waals surface area contributed by atoms with Crippen LogP contribution in [0, 0.1) is 6.92 Å². The minimum absolute atomic E-state index is 0.0136. The van der Waals surface area contributed by atoms with Crippen molar-refractivity contribution in [3.63, 3.8) is 0 Å². The van der Waals surface area contributed by atoms with E-state index in [0.29, 0.717) is 13.1 Å². The van der Waals surface area contributed by atoms with Crippen LogP contribution in [-0.2, 0) is 4.74 Å². The summed E-state index contributed by atoms with van der Waals surface area (Å²) < 4.78 is 50.0. The van der Waals surface area contributed by atoms with E-state index >= 15 is 0 Å². The molecule has 0 spiro atoms. The normalized spacial score (nSPS) is 20.4. The quantitative estimate of drug-likeness (QED) is 0.813. The van der Waals surface area contributed by atoms with E-state index in [1.54, 1.807) is 17.9 Å². The van der Waals surface area contributed by atoms with Crippen molar-refractivity contribution in [3.8, 4) is 0 Å². The number of likely N-dealkylation sites (tertiary alicyclic amines) is 1. The summed E-state index contributed by atoms with van der Waals surface area (Å²) in [6.07, 6.45) is 1.12. The number of piperidine rings is 1. The third kappa shape index (κ3) is 4.97. The molecule has 0 bridgehead atoms. The Balaban J connectivity index is 2.14. The van der Waals surface area contributed by atoms with Crippen LogP contribution in [0.15, 0.2) is 18.2 Å². The Morgan fingerprint density at radius 1 is 1.24 bits per heavy atom. The molecule has 0 saturated carbocycles. The molecule has 1 aliphatic rings. The van der Waals surface area contributed by atoms with Gasteiger partial charge in [-0.1, -0.05) is 6.07 Å². The van der Waals surface area contributed by atoms with Gasteiger partial charge in [-0.15, -0.1) is 0 Å². The van der Waals surface area contributed by atoms with Crippen LogP contribution in [0.2, 0.25) is 0 Å². The van der Waals surface area contributed by atoms with Crippen molar-refractivity contribution in [3.05, 3.63) is 34.9 Å². The summed E-state index contributed by atoms with van der Waals surface area (Å²) in [6, 6.07) is 4.74. The first-order valence-corrected chi connectivity index (χ1v) is 8.44. The molecular formula is C20H30N2O3. The molecule has 2 rings (SSSR count). The number of benzene rings is 1. The molecule has 0 N–H and O–H groups in total. The van der Waals surface area contributed by atoms with Crippen LogP contribution in [0.3, 0.4) is 0 Å². The average molecular weight is 353 g/mol. The molecule has 0 radical (unpaired) electrons. The highest BCUT2D eigenvalue weighted by Gasteiger charge is 2.28. The van der Waals surface area contributed by atoms with Gasteiger partial charge in [0.15, 0.2) is 0 Å². The molecule has 1 heterocycles. The molecule has 0 atom stereocenters. The number of hydrogen-bond donors (Lipinski definition) is 0. The summed E-state index contributed by atoms with van der Waals surface area (Å²) in [5.74, 6) is -0.890. The SMILES string of the molecule is [2H]C([2H])([2H])N(C(=O)c1ccc(C2CCN(C(=O)OC(C)(C)C)CC2)c(C)c1)C([2H])([2H])[2H]. The predicted molar refractivity (Wildman–Crippen MR) is 99.0 cm³/mol. The summed E-state index contributed by atoms with van der Waals surface area (Å²) in [5, 5.41) is 0. The number of carbonyl (C=O) groups is 2. The van der Waals surface area contributed by atoms with E-state index in [0.717, 1.165) is 24.0 Å². The molecule has 2 amide bonds. The molecule has 25 heavy (non-hydrogen) atoms. The van der Waals surface area contributed by atoms with Crippen LogP contribution in [0.1, 0.15) is 69.2 Å². The Bertz CT molecular complexity index is 808. The molecule has 1 saturated heterocycles. The van der Waals surface area contributed by atoms with Crippen LogP contribution in [0.25, 0.3) is 0 Å². The highest BCUT2D eigenvalue weighted by molar-refractivity contribution is 5.94. The lowest BCUT2D eigenvalue weighted by molar-refractivity contribution is 0.0204. The minimum Gasteiger partial charge on any atom is -0.444 e. The number of amides is 2. The number of ether oxygens (including phenoxy) is 1. The summed E-state index contributed by atoms with van der Waals surface area (Å²) >= 11 is 0. The van der Waals surface area contributed by atoms with Crippen molar-refractivity contribution in [2.75, 3.05) is 27.0 Å². The molecule has 1 aromatic carbocycles. The maximum absolute atomic E-state index is 12.7. The second-order valence-electron chi connectivity index (χ2n) is 7.45. The van der Waals surface area contributed by atoms with Crippen LogP contribution >= 0.6 is 0 Å². The number of rotatable bonds is 2. The third-order valence-electron chi connectivity index (χ3n) is 4.31. The van der Waals surface area contributed by atoms with E-state index in [2.05, 4.69) is 0 Å². The van der Waals surface area contributed by atoms with Crippen molar-refractivity contribution in [1.29, 1.82) is 0 Å². The van der Waals surface area contributed by atoms with E-state index in [1.165, 1.54) is 12.1 Å². The molecular weight excluding hydrogens is 316 g/mol. The molecule has 0 aliphatic carbocycles. The fourth-order valence-electron chi connectivity index (χ4n) is 3.10. The Morgan fingerprint density at radius 3 is 2.40 bits per heavy atom. The van der Waals surface area contributed by atoms with Gasteiger partial charge in [0.2, 0.25) is 0 Å². The number of aryl methyl sites for hydroxylation is 1. The van der Waals surface area contributed by atoms with Crippen LogP contribution in [-0.4, -0.2) is 54.4 Å². The Morgan fingerprint density at radius 2 is 1.88 bits per heavy atom. The van der Waals surface area contributed by atoms with Gasteiger partial charge in [-0.2, -0.15) is 0 Å². The first-order chi connectivity index (χ1) is 14.0. The Hall–Kier alpha value is -2.04. The van der Waals surface area contributed by atoms with E-state index in [1.807, 2.05) is 20.8 Å². The zero-order valence-electron chi connectivity index (χ0n) is 21.3. The monoisotopic (exact) mass is 352 g/mol. The molecule has 0 unspecified atom stereocenters. The number of hydrogen-bond acceptors (Lipinski definition) is 3. The lowest BCUT2D eigenvalue weighted by atomic mass is 9.86. The fourth-order valence-corrected chi connectivity index (χ4v) is 3.10. The van der Waals surface area contributed by atoms with Gasteiger partial charge in [-0.3, -0.25) is 4.79 Å². The van der Waals surface area contributed by atoms with Gasteiger partial charge in [0.1, 0.15) is 5.60 Å². The van der Waals surface area contributed by atoms with Crippen molar-refractivity contribution in [2.24, 2.45) is 0 Å². The zero-order chi connectivity index (χ0) is 23.8. The second kappa shape index (κ2) is 7.46. The molecule has 0 aromatic heterocycles. The number of carbonyl (C=O) groups excluding carboxylic acids is 2. The lowest BCUT2D eigenvalue weighted by Crippen LogP contribution is -2.41. The van der Waals surface area contributed by atoms with E-state index < -0.39 is 25.5 Å². The summed E-state index contributed by atoms with van der Waals surface area (Å²) in [5.41, 5.74) is 1.23. The molecule has 1 aliphatic heterocycles. The van der Waals surface area contributed by atoms with E-state index in [-0.39, 0.29) is 22.5 Å². The second-order valence-corrected chi connectivity index (χ2v) is 7.45. The van der Waals surface area contributed by atoms with Crippen LogP contribution < -0.4 is 0 Å². The van der Waals surface area contributed by atoms with Gasteiger partial charge in [-0.25, -0.2) is 4.79 Å². The van der Waals surface area contributed by atoms with E-state index in [9.17, 15) is 9.59 Å². The van der Waals surface area contributed by atoms with Gasteiger partial charge in [-0.05, 0) is 69.7 Å². The highest BCUT2D eigenvalue weighted by Crippen LogP contribution is 2.31. The molecule has 5 nitrogen and oxygen atoms in total. The zero-order valence-corrected chi connectivity index (χ0v) is 15.3. The fraction of sp³-hybridized carbons (Fsp3) is 0.600. The Labute approximate surface area is 159 Å². The van der Waals surface area contributed by atoms with Crippen molar-refractivity contribution in [1.82, 2.24) is 9.80 Å². The average Bonchev–Trinajstić information content (AvgIpc) is 2.57. The Kier molecular flexibility index (Phi) is 3.68. The number of nitrogens with zero attached hydrogens (tertiary/aromatic N) is 2. The maximum Gasteiger partial charge on any atom is 0.410 e. The van der Waals surface area contributed by atoms with E-state index in [4.69, 9.17) is 13.0 Å². The topological polar surface area (TPSA) is 49.9 Å². The largest absolute Gasteiger partial charge is 0.444 e. The van der Waals surface area contributed by atoms with Crippen molar-refractivity contribution >= 4 is 12.0 Å². The highest BCUT2D eigenvalue weighted by atomic mass is 16.6. The van der Waals surface area contributed by atoms with Gasteiger partial charge in [0.05, 0.1) is 0 Å². The standard InChI is InChI=1S/C20H30N2O3/c1-14-13-16(18(23)21(5)6)7-8-17(14)15-9-11-22(12-10-15)19(24)25-20(2,3)4/h7-8,13,15H,9-12H2,1-6H3/i5D3,6D3. The summed E-state index contributed by atoms with van der Waals surface area (Å²) in [7, 11) is 0. The van der Waals surface area contributed by atoms with Gasteiger partial charge >= 0.3 is 6.09 Å². The van der Waals surface area contributed by atoms with Gasteiger partial charge in [0.25, 0.3) is 5.91 Å². The van der Waals surface area contributed by atoms with Crippen LogP contribution in [0.4, 0.5) is 4.79 Å². The predicted octanol–water partition coefficient (Wildman–Crippen LogP) is 3.81.